The van der Waals surface area contributed by atoms with Crippen molar-refractivity contribution in [3.8, 4) is 5.69 Å². The number of aldehydes is 1. The van der Waals surface area contributed by atoms with Crippen LogP contribution in [-0.4, -0.2) is 21.3 Å². The maximum atomic E-state index is 10.9. The Morgan fingerprint density at radius 3 is 2.67 bits per heavy atom. The summed E-state index contributed by atoms with van der Waals surface area (Å²) in [6, 6.07) is 5.71. The lowest BCUT2D eigenvalue weighted by Gasteiger charge is -2.04. The molecule has 0 fully saturated rings. The van der Waals surface area contributed by atoms with E-state index in [0.29, 0.717) is 11.3 Å². The van der Waals surface area contributed by atoms with Gasteiger partial charge in [0.25, 0.3) is 0 Å². The fourth-order valence-electron chi connectivity index (χ4n) is 1.44. The van der Waals surface area contributed by atoms with Crippen LogP contribution >= 0.6 is 0 Å². The second-order valence-corrected chi connectivity index (χ2v) is 3.18. The number of carbonyl (C=O) groups is 1. The lowest BCUT2D eigenvalue weighted by atomic mass is 10.1. The van der Waals surface area contributed by atoms with Crippen LogP contribution in [0.3, 0.4) is 0 Å². The van der Waals surface area contributed by atoms with Gasteiger partial charge in [-0.05, 0) is 24.1 Å². The van der Waals surface area contributed by atoms with E-state index in [0.717, 1.165) is 18.3 Å². The fourth-order valence-corrected chi connectivity index (χ4v) is 1.44. The Hall–Kier alpha value is -1.97. The minimum absolute atomic E-state index is 0.616. The molecule has 2 rings (SSSR count). The molecule has 0 amide bonds. The van der Waals surface area contributed by atoms with Gasteiger partial charge < -0.3 is 0 Å². The first-order valence-electron chi connectivity index (χ1n) is 4.80. The van der Waals surface area contributed by atoms with Crippen molar-refractivity contribution >= 4 is 6.29 Å². The van der Waals surface area contributed by atoms with Crippen LogP contribution in [0.25, 0.3) is 5.69 Å². The molecule has 0 saturated heterocycles. The normalized spacial score (nSPS) is 10.2. The molecule has 4 nitrogen and oxygen atoms in total. The summed E-state index contributed by atoms with van der Waals surface area (Å²) in [5.41, 5.74) is 2.46. The van der Waals surface area contributed by atoms with Gasteiger partial charge in [0, 0.05) is 5.56 Å². The Labute approximate surface area is 87.5 Å². The van der Waals surface area contributed by atoms with Gasteiger partial charge >= 0.3 is 0 Å². The van der Waals surface area contributed by atoms with Gasteiger partial charge in [-0.1, -0.05) is 13.0 Å². The fraction of sp³-hybridized carbons (Fsp3) is 0.182. The summed E-state index contributed by atoms with van der Waals surface area (Å²) in [6.45, 7) is 2.05. The van der Waals surface area contributed by atoms with E-state index in [9.17, 15) is 4.79 Å². The molecule has 0 spiro atoms. The van der Waals surface area contributed by atoms with E-state index in [1.807, 2.05) is 18.2 Å². The zero-order valence-electron chi connectivity index (χ0n) is 8.42. The van der Waals surface area contributed by atoms with Crippen LogP contribution in [0, 0.1) is 0 Å². The van der Waals surface area contributed by atoms with Gasteiger partial charge in [-0.25, -0.2) is 0 Å². The standard InChI is InChI=1S/C11H11N3O/c1-2-9-3-4-11(10(7-9)8-15)14-12-5-6-13-14/h3-8H,2H2,1H3. The van der Waals surface area contributed by atoms with Gasteiger partial charge in [-0.3, -0.25) is 4.79 Å². The molecule has 0 bridgehead atoms. The third-order valence-electron chi connectivity index (χ3n) is 2.26. The molecule has 1 aromatic carbocycles. The molecular weight excluding hydrogens is 190 g/mol. The van der Waals surface area contributed by atoms with Gasteiger partial charge in [0.1, 0.15) is 0 Å². The second-order valence-electron chi connectivity index (χ2n) is 3.18. The van der Waals surface area contributed by atoms with Crippen molar-refractivity contribution in [2.75, 3.05) is 0 Å². The van der Waals surface area contributed by atoms with Crippen LogP contribution in [-0.2, 0) is 6.42 Å². The van der Waals surface area contributed by atoms with Crippen molar-refractivity contribution in [2.45, 2.75) is 13.3 Å². The van der Waals surface area contributed by atoms with E-state index in [2.05, 4.69) is 17.1 Å². The third-order valence-corrected chi connectivity index (χ3v) is 2.26. The van der Waals surface area contributed by atoms with Gasteiger partial charge in [0.2, 0.25) is 0 Å². The molecule has 0 unspecified atom stereocenters. The van der Waals surface area contributed by atoms with Crippen LogP contribution in [0.1, 0.15) is 22.8 Å². The van der Waals surface area contributed by atoms with Crippen LogP contribution in [0.4, 0.5) is 0 Å². The molecule has 0 atom stereocenters. The minimum atomic E-state index is 0.616. The van der Waals surface area contributed by atoms with Crippen molar-refractivity contribution in [2.24, 2.45) is 0 Å². The number of hydrogen-bond donors (Lipinski definition) is 0. The van der Waals surface area contributed by atoms with Crippen molar-refractivity contribution in [1.29, 1.82) is 0 Å². The molecule has 1 heterocycles. The summed E-state index contributed by atoms with van der Waals surface area (Å²) in [5.74, 6) is 0. The van der Waals surface area contributed by atoms with Crippen molar-refractivity contribution in [3.63, 3.8) is 0 Å². The Morgan fingerprint density at radius 1 is 1.33 bits per heavy atom. The summed E-state index contributed by atoms with van der Waals surface area (Å²) >= 11 is 0. The van der Waals surface area contributed by atoms with Crippen LogP contribution in [0.2, 0.25) is 0 Å². The van der Waals surface area contributed by atoms with Crippen LogP contribution < -0.4 is 0 Å². The number of benzene rings is 1. The van der Waals surface area contributed by atoms with Gasteiger partial charge in [0.15, 0.2) is 6.29 Å². The molecule has 2 aromatic rings. The summed E-state index contributed by atoms with van der Waals surface area (Å²) in [4.78, 5) is 12.4. The first-order chi connectivity index (χ1) is 7.35. The SMILES string of the molecule is CCc1ccc(-n2nccn2)c(C=O)c1. The Morgan fingerprint density at radius 2 is 2.07 bits per heavy atom. The van der Waals surface area contributed by atoms with E-state index >= 15 is 0 Å². The first kappa shape index (κ1) is 9.58. The molecule has 4 heteroatoms. The molecule has 1 aromatic heterocycles. The Kier molecular flexibility index (Phi) is 2.58. The number of aromatic nitrogens is 3. The molecule has 0 aliphatic rings. The lowest BCUT2D eigenvalue weighted by Crippen LogP contribution is -2.03. The molecule has 0 aliphatic carbocycles. The molecule has 0 aliphatic heterocycles. The smallest absolute Gasteiger partial charge is 0.152 e. The number of nitrogens with zero attached hydrogens (tertiary/aromatic N) is 3. The molecule has 76 valence electrons. The first-order valence-corrected chi connectivity index (χ1v) is 4.80. The van der Waals surface area contributed by atoms with Crippen molar-refractivity contribution < 1.29 is 4.79 Å². The zero-order valence-corrected chi connectivity index (χ0v) is 8.42. The van der Waals surface area contributed by atoms with Gasteiger partial charge in [-0.15, -0.1) is 0 Å². The lowest BCUT2D eigenvalue weighted by molar-refractivity contribution is 0.112. The molecule has 0 saturated carbocycles. The summed E-state index contributed by atoms with van der Waals surface area (Å²) in [7, 11) is 0. The van der Waals surface area contributed by atoms with E-state index in [-0.39, 0.29) is 0 Å². The predicted molar refractivity (Wildman–Crippen MR) is 56.1 cm³/mol. The van der Waals surface area contributed by atoms with Crippen molar-refractivity contribution in [3.05, 3.63) is 41.7 Å². The van der Waals surface area contributed by atoms with Crippen molar-refractivity contribution in [1.82, 2.24) is 15.0 Å². The Balaban J connectivity index is 2.52. The monoisotopic (exact) mass is 201 g/mol. The molecular formula is C11H11N3O. The van der Waals surface area contributed by atoms with E-state index in [4.69, 9.17) is 0 Å². The number of carbonyl (C=O) groups excluding carboxylic acids is 1. The summed E-state index contributed by atoms with van der Waals surface area (Å²) in [6.07, 6.45) is 4.91. The highest BCUT2D eigenvalue weighted by Crippen LogP contribution is 2.13. The summed E-state index contributed by atoms with van der Waals surface area (Å²) < 4.78 is 0. The zero-order chi connectivity index (χ0) is 10.7. The van der Waals surface area contributed by atoms with Crippen LogP contribution in [0.5, 0.6) is 0 Å². The topological polar surface area (TPSA) is 47.8 Å². The minimum Gasteiger partial charge on any atom is -0.298 e. The number of aryl methyl sites for hydroxylation is 1. The van der Waals surface area contributed by atoms with E-state index < -0.39 is 0 Å². The van der Waals surface area contributed by atoms with E-state index in [1.54, 1.807) is 12.4 Å². The maximum Gasteiger partial charge on any atom is 0.152 e. The summed E-state index contributed by atoms with van der Waals surface area (Å²) in [5, 5.41) is 7.99. The molecule has 15 heavy (non-hydrogen) atoms. The average molecular weight is 201 g/mol. The average Bonchev–Trinajstić information content (AvgIpc) is 2.81. The van der Waals surface area contributed by atoms with Gasteiger partial charge in [0.05, 0.1) is 18.1 Å². The number of hydrogen-bond acceptors (Lipinski definition) is 3. The van der Waals surface area contributed by atoms with E-state index in [1.165, 1.54) is 4.80 Å². The second kappa shape index (κ2) is 4.04. The maximum absolute atomic E-state index is 10.9. The highest BCUT2D eigenvalue weighted by Gasteiger charge is 2.05. The van der Waals surface area contributed by atoms with Crippen LogP contribution in [0.15, 0.2) is 30.6 Å². The van der Waals surface area contributed by atoms with Gasteiger partial charge in [-0.2, -0.15) is 15.0 Å². The largest absolute Gasteiger partial charge is 0.298 e. The number of rotatable bonds is 3. The molecule has 0 radical (unpaired) electrons. The highest BCUT2D eigenvalue weighted by molar-refractivity contribution is 5.81. The highest BCUT2D eigenvalue weighted by atomic mass is 16.1. The molecule has 0 N–H and O–H groups in total. The quantitative estimate of drug-likeness (QED) is 0.709. The predicted octanol–water partition coefficient (Wildman–Crippen LogP) is 1.64. The third kappa shape index (κ3) is 1.79. The Bertz CT molecular complexity index is 463.